The summed E-state index contributed by atoms with van der Waals surface area (Å²) in [5.74, 6) is -0.395. The van der Waals surface area contributed by atoms with E-state index in [9.17, 15) is 8.78 Å². The number of nitrogens with zero attached hydrogens (tertiary/aromatic N) is 3. The zero-order valence-electron chi connectivity index (χ0n) is 9.69. The number of aromatic nitrogens is 3. The minimum Gasteiger partial charge on any atom is -0.313 e. The standard InChI is InChI=1S/C12H13F2N3/c1-8(2)6-17-7-15-16-12(17)10-4-3-9(13)5-11(10)14/h3-5,7-8H,6H2,1-2H3. The molecular weight excluding hydrogens is 224 g/mol. The number of halogens is 2. The van der Waals surface area contributed by atoms with Crippen molar-refractivity contribution in [3.8, 4) is 11.4 Å². The molecule has 1 aromatic heterocycles. The quantitative estimate of drug-likeness (QED) is 0.821. The third kappa shape index (κ3) is 2.49. The van der Waals surface area contributed by atoms with Crippen LogP contribution >= 0.6 is 0 Å². The smallest absolute Gasteiger partial charge is 0.166 e. The van der Waals surface area contributed by atoms with Gasteiger partial charge in [-0.05, 0) is 18.1 Å². The molecule has 0 fully saturated rings. The lowest BCUT2D eigenvalue weighted by Gasteiger charge is -2.09. The minimum atomic E-state index is -0.622. The maximum atomic E-state index is 13.6. The lowest BCUT2D eigenvalue weighted by atomic mass is 10.1. The second-order valence-electron chi connectivity index (χ2n) is 4.32. The zero-order valence-corrected chi connectivity index (χ0v) is 9.69. The van der Waals surface area contributed by atoms with E-state index in [1.807, 2.05) is 13.8 Å². The molecule has 0 radical (unpaired) electrons. The van der Waals surface area contributed by atoms with Crippen LogP contribution < -0.4 is 0 Å². The van der Waals surface area contributed by atoms with Gasteiger partial charge >= 0.3 is 0 Å². The van der Waals surface area contributed by atoms with Gasteiger partial charge in [0, 0.05) is 12.6 Å². The fourth-order valence-corrected chi connectivity index (χ4v) is 1.66. The highest BCUT2D eigenvalue weighted by atomic mass is 19.1. The topological polar surface area (TPSA) is 30.7 Å². The summed E-state index contributed by atoms with van der Waals surface area (Å²) in [6.45, 7) is 4.79. The molecule has 3 nitrogen and oxygen atoms in total. The average molecular weight is 237 g/mol. The average Bonchev–Trinajstić information content (AvgIpc) is 2.65. The van der Waals surface area contributed by atoms with E-state index in [-0.39, 0.29) is 5.56 Å². The normalized spacial score (nSPS) is 11.1. The van der Waals surface area contributed by atoms with Crippen LogP contribution in [0.25, 0.3) is 11.4 Å². The molecule has 0 spiro atoms. The van der Waals surface area contributed by atoms with Crippen molar-refractivity contribution in [2.45, 2.75) is 20.4 Å². The maximum Gasteiger partial charge on any atom is 0.166 e. The van der Waals surface area contributed by atoms with Gasteiger partial charge in [-0.15, -0.1) is 10.2 Å². The monoisotopic (exact) mass is 237 g/mol. The van der Waals surface area contributed by atoms with Crippen LogP contribution in [0.15, 0.2) is 24.5 Å². The third-order valence-electron chi connectivity index (χ3n) is 2.35. The Hall–Kier alpha value is -1.78. The predicted octanol–water partition coefficient (Wildman–Crippen LogP) is 2.88. The molecule has 0 atom stereocenters. The summed E-state index contributed by atoms with van der Waals surface area (Å²) < 4.78 is 28.2. The highest BCUT2D eigenvalue weighted by Crippen LogP contribution is 2.21. The van der Waals surface area contributed by atoms with Gasteiger partial charge in [-0.1, -0.05) is 13.8 Å². The van der Waals surface area contributed by atoms with E-state index < -0.39 is 11.6 Å². The van der Waals surface area contributed by atoms with Crippen LogP contribution in [0.2, 0.25) is 0 Å². The fraction of sp³-hybridized carbons (Fsp3) is 0.333. The van der Waals surface area contributed by atoms with E-state index in [0.29, 0.717) is 18.3 Å². The Balaban J connectivity index is 2.42. The van der Waals surface area contributed by atoms with Crippen LogP contribution in [0.1, 0.15) is 13.8 Å². The second-order valence-corrected chi connectivity index (χ2v) is 4.32. The Bertz CT molecular complexity index is 520. The summed E-state index contributed by atoms with van der Waals surface area (Å²) in [7, 11) is 0. The fourth-order valence-electron chi connectivity index (χ4n) is 1.66. The molecule has 0 saturated heterocycles. The first-order valence-electron chi connectivity index (χ1n) is 5.41. The Morgan fingerprint density at radius 1 is 1.29 bits per heavy atom. The maximum absolute atomic E-state index is 13.6. The first kappa shape index (κ1) is 11.7. The molecule has 0 unspecified atom stereocenters. The van der Waals surface area contributed by atoms with Gasteiger partial charge in [0.05, 0.1) is 5.56 Å². The second kappa shape index (κ2) is 4.61. The largest absolute Gasteiger partial charge is 0.313 e. The summed E-state index contributed by atoms with van der Waals surface area (Å²) in [4.78, 5) is 0. The summed E-state index contributed by atoms with van der Waals surface area (Å²) in [5.41, 5.74) is 0.268. The van der Waals surface area contributed by atoms with E-state index in [0.717, 1.165) is 6.07 Å². The minimum absolute atomic E-state index is 0.268. The molecule has 0 aliphatic heterocycles. The first-order valence-corrected chi connectivity index (χ1v) is 5.41. The van der Waals surface area contributed by atoms with Gasteiger partial charge in [-0.2, -0.15) is 0 Å². The van der Waals surface area contributed by atoms with Crippen LogP contribution in [-0.4, -0.2) is 14.8 Å². The van der Waals surface area contributed by atoms with Crippen molar-refractivity contribution >= 4 is 0 Å². The van der Waals surface area contributed by atoms with Gasteiger partial charge in [0.25, 0.3) is 0 Å². The lowest BCUT2D eigenvalue weighted by molar-refractivity contribution is 0.523. The molecule has 0 N–H and O–H groups in total. The van der Waals surface area contributed by atoms with Crippen molar-refractivity contribution in [3.05, 3.63) is 36.2 Å². The van der Waals surface area contributed by atoms with E-state index >= 15 is 0 Å². The van der Waals surface area contributed by atoms with Gasteiger partial charge in [0.1, 0.15) is 18.0 Å². The molecule has 2 rings (SSSR count). The van der Waals surface area contributed by atoms with Gasteiger partial charge in [-0.3, -0.25) is 0 Å². The van der Waals surface area contributed by atoms with Crippen LogP contribution in [-0.2, 0) is 6.54 Å². The zero-order chi connectivity index (χ0) is 12.4. The Morgan fingerprint density at radius 3 is 2.71 bits per heavy atom. The van der Waals surface area contributed by atoms with Gasteiger partial charge < -0.3 is 4.57 Å². The van der Waals surface area contributed by atoms with Gasteiger partial charge in [0.15, 0.2) is 5.82 Å². The summed E-state index contributed by atoms with van der Waals surface area (Å²) in [6.07, 6.45) is 1.55. The molecule has 90 valence electrons. The van der Waals surface area contributed by atoms with E-state index in [1.54, 1.807) is 10.9 Å². The highest BCUT2D eigenvalue weighted by Gasteiger charge is 2.13. The van der Waals surface area contributed by atoms with E-state index in [4.69, 9.17) is 0 Å². The molecule has 5 heteroatoms. The Morgan fingerprint density at radius 2 is 2.06 bits per heavy atom. The molecule has 1 aromatic carbocycles. The van der Waals surface area contributed by atoms with Gasteiger partial charge in [0.2, 0.25) is 0 Å². The highest BCUT2D eigenvalue weighted by molar-refractivity contribution is 5.55. The van der Waals surface area contributed by atoms with Crippen molar-refractivity contribution in [1.29, 1.82) is 0 Å². The van der Waals surface area contributed by atoms with Crippen molar-refractivity contribution in [1.82, 2.24) is 14.8 Å². The van der Waals surface area contributed by atoms with Crippen molar-refractivity contribution in [2.24, 2.45) is 5.92 Å². The van der Waals surface area contributed by atoms with E-state index in [2.05, 4.69) is 10.2 Å². The van der Waals surface area contributed by atoms with Crippen LogP contribution in [0.5, 0.6) is 0 Å². The molecule has 0 saturated carbocycles. The first-order chi connectivity index (χ1) is 8.08. The van der Waals surface area contributed by atoms with Crippen molar-refractivity contribution < 1.29 is 8.78 Å². The number of hydrogen-bond donors (Lipinski definition) is 0. The predicted molar refractivity (Wildman–Crippen MR) is 60.2 cm³/mol. The van der Waals surface area contributed by atoms with Crippen molar-refractivity contribution in [3.63, 3.8) is 0 Å². The van der Waals surface area contributed by atoms with Gasteiger partial charge in [-0.25, -0.2) is 8.78 Å². The van der Waals surface area contributed by atoms with E-state index in [1.165, 1.54) is 12.1 Å². The molecule has 17 heavy (non-hydrogen) atoms. The summed E-state index contributed by atoms with van der Waals surface area (Å²) in [6, 6.07) is 3.45. The van der Waals surface area contributed by atoms with Crippen molar-refractivity contribution in [2.75, 3.05) is 0 Å². The number of benzene rings is 1. The molecular formula is C12H13F2N3. The van der Waals surface area contributed by atoms with Crippen LogP contribution in [0.3, 0.4) is 0 Å². The lowest BCUT2D eigenvalue weighted by Crippen LogP contribution is -2.06. The summed E-state index contributed by atoms with van der Waals surface area (Å²) in [5, 5.41) is 7.65. The number of rotatable bonds is 3. The Kier molecular flexibility index (Phi) is 3.17. The molecule has 0 aliphatic rings. The number of hydrogen-bond acceptors (Lipinski definition) is 2. The SMILES string of the molecule is CC(C)Cn1cnnc1-c1ccc(F)cc1F. The molecule has 2 aromatic rings. The third-order valence-corrected chi connectivity index (χ3v) is 2.35. The molecule has 0 aliphatic carbocycles. The Labute approximate surface area is 98.1 Å². The van der Waals surface area contributed by atoms with Crippen LogP contribution in [0.4, 0.5) is 8.78 Å². The molecule has 0 bridgehead atoms. The summed E-state index contributed by atoms with van der Waals surface area (Å²) >= 11 is 0. The van der Waals surface area contributed by atoms with Crippen LogP contribution in [0, 0.1) is 17.6 Å². The molecule has 0 amide bonds. The molecule has 1 heterocycles.